The number of ether oxygens (including phenoxy) is 1. The fraction of sp³-hybridized carbons (Fsp3) is 0.355. The van der Waals surface area contributed by atoms with E-state index in [2.05, 4.69) is 5.32 Å². The van der Waals surface area contributed by atoms with Crippen molar-refractivity contribution in [3.8, 4) is 5.75 Å². The molecule has 0 saturated carbocycles. The third-order valence-electron chi connectivity index (χ3n) is 6.51. The first-order valence-electron chi connectivity index (χ1n) is 13.2. The molecule has 1 atom stereocenters. The Morgan fingerprint density at radius 2 is 1.59 bits per heavy atom. The van der Waals surface area contributed by atoms with Gasteiger partial charge in [0, 0.05) is 17.1 Å². The summed E-state index contributed by atoms with van der Waals surface area (Å²) in [5, 5.41) is 3.25. The van der Waals surface area contributed by atoms with Crippen LogP contribution in [0.4, 0.5) is 5.69 Å². The first-order chi connectivity index (χ1) is 19.1. The summed E-state index contributed by atoms with van der Waals surface area (Å²) in [6, 6.07) is 17.6. The number of carbonyl (C=O) groups excluding carboxylic acids is 2. The number of benzene rings is 3. The lowest BCUT2D eigenvalue weighted by atomic mass is 10.1. The van der Waals surface area contributed by atoms with Crippen molar-refractivity contribution in [3.63, 3.8) is 0 Å². The monoisotopic (exact) mass is 599 g/mol. The molecule has 1 N–H and O–H groups in total. The smallest absolute Gasteiger partial charge is 0.264 e. The van der Waals surface area contributed by atoms with E-state index in [0.29, 0.717) is 16.3 Å². The summed E-state index contributed by atoms with van der Waals surface area (Å²) < 4.78 is 34.3. The number of halogens is 1. The summed E-state index contributed by atoms with van der Waals surface area (Å²) in [4.78, 5) is 28.7. The molecule has 220 valence electrons. The molecular formula is C31H38ClN3O5S. The highest BCUT2D eigenvalue weighted by atomic mass is 35.5. The Kier molecular flexibility index (Phi) is 10.1. The maximum absolute atomic E-state index is 14.1. The van der Waals surface area contributed by atoms with Crippen LogP contribution < -0.4 is 14.4 Å². The molecular weight excluding hydrogens is 562 g/mol. The minimum atomic E-state index is -4.19. The summed E-state index contributed by atoms with van der Waals surface area (Å²) in [5.74, 6) is -0.254. The van der Waals surface area contributed by atoms with Crippen LogP contribution in [0.5, 0.6) is 5.75 Å². The highest BCUT2D eigenvalue weighted by Crippen LogP contribution is 2.30. The predicted octanol–water partition coefficient (Wildman–Crippen LogP) is 5.49. The summed E-state index contributed by atoms with van der Waals surface area (Å²) in [6.07, 6.45) is 0. The van der Waals surface area contributed by atoms with Crippen LogP contribution in [0.1, 0.15) is 44.4 Å². The molecule has 41 heavy (non-hydrogen) atoms. The molecule has 0 spiro atoms. The lowest BCUT2D eigenvalue weighted by Crippen LogP contribution is -2.54. The summed E-state index contributed by atoms with van der Waals surface area (Å²) >= 11 is 6.28. The van der Waals surface area contributed by atoms with Crippen LogP contribution in [0.3, 0.4) is 0 Å². The van der Waals surface area contributed by atoms with Crippen molar-refractivity contribution in [2.24, 2.45) is 0 Å². The molecule has 10 heteroatoms. The average molecular weight is 600 g/mol. The molecule has 3 aromatic carbocycles. The van der Waals surface area contributed by atoms with Gasteiger partial charge >= 0.3 is 0 Å². The third kappa shape index (κ3) is 8.24. The fourth-order valence-corrected chi connectivity index (χ4v) is 5.82. The molecule has 0 unspecified atom stereocenters. The van der Waals surface area contributed by atoms with Gasteiger partial charge in [0.25, 0.3) is 10.0 Å². The van der Waals surface area contributed by atoms with Crippen LogP contribution in [0.25, 0.3) is 0 Å². The second-order valence-corrected chi connectivity index (χ2v) is 13.3. The van der Waals surface area contributed by atoms with E-state index in [1.54, 1.807) is 69.5 Å². The molecule has 0 fully saturated rings. The van der Waals surface area contributed by atoms with Crippen LogP contribution in [-0.2, 0) is 26.2 Å². The molecule has 8 nitrogen and oxygen atoms in total. The van der Waals surface area contributed by atoms with Crippen molar-refractivity contribution in [2.45, 2.75) is 64.6 Å². The number of methoxy groups -OCH3 is 1. The van der Waals surface area contributed by atoms with E-state index in [-0.39, 0.29) is 23.0 Å². The average Bonchev–Trinajstić information content (AvgIpc) is 2.91. The van der Waals surface area contributed by atoms with Gasteiger partial charge in [-0.1, -0.05) is 47.5 Å². The third-order valence-corrected chi connectivity index (χ3v) is 8.51. The van der Waals surface area contributed by atoms with Crippen LogP contribution >= 0.6 is 11.6 Å². The number of anilines is 1. The molecule has 0 heterocycles. The maximum atomic E-state index is 14.1. The molecule has 0 saturated heterocycles. The van der Waals surface area contributed by atoms with Gasteiger partial charge in [-0.15, -0.1) is 0 Å². The standard InChI is InChI=1S/C31H38ClN3O5S/c1-21-8-16-27(17-9-21)41(38,39)35(28-18-25(32)13-10-22(28)2)20-29(36)34(23(3)30(37)33-31(4,5)6)19-24-11-14-26(40-7)15-12-24/h8-18,23H,19-20H2,1-7H3,(H,33,37)/t23-/m0/s1. The van der Waals surface area contributed by atoms with Gasteiger partial charge in [0.05, 0.1) is 17.7 Å². The van der Waals surface area contributed by atoms with Gasteiger partial charge in [-0.3, -0.25) is 13.9 Å². The predicted molar refractivity (Wildman–Crippen MR) is 163 cm³/mol. The molecule has 2 amide bonds. The van der Waals surface area contributed by atoms with E-state index in [0.717, 1.165) is 15.4 Å². The van der Waals surface area contributed by atoms with Gasteiger partial charge in [-0.2, -0.15) is 0 Å². The highest BCUT2D eigenvalue weighted by Gasteiger charge is 2.34. The Labute approximate surface area is 248 Å². The number of amides is 2. The molecule has 0 bridgehead atoms. The largest absolute Gasteiger partial charge is 0.497 e. The maximum Gasteiger partial charge on any atom is 0.264 e. The lowest BCUT2D eigenvalue weighted by Gasteiger charge is -2.34. The first kappa shape index (κ1) is 32.0. The number of hydrogen-bond donors (Lipinski definition) is 1. The van der Waals surface area contributed by atoms with E-state index in [1.165, 1.54) is 23.1 Å². The Bertz CT molecular complexity index is 1480. The van der Waals surface area contributed by atoms with Gasteiger partial charge in [0.2, 0.25) is 11.8 Å². The Balaban J connectivity index is 2.07. The Morgan fingerprint density at radius 1 is 0.976 bits per heavy atom. The number of nitrogens with one attached hydrogen (secondary N) is 1. The van der Waals surface area contributed by atoms with E-state index in [1.807, 2.05) is 27.7 Å². The van der Waals surface area contributed by atoms with Crippen LogP contribution in [0.2, 0.25) is 5.02 Å². The SMILES string of the molecule is COc1ccc(CN(C(=O)CN(c2cc(Cl)ccc2C)S(=O)(=O)c2ccc(C)cc2)[C@@H](C)C(=O)NC(C)(C)C)cc1. The lowest BCUT2D eigenvalue weighted by molar-refractivity contribution is -0.140. The van der Waals surface area contributed by atoms with Crippen LogP contribution in [-0.4, -0.2) is 50.4 Å². The minimum absolute atomic E-state index is 0.0375. The summed E-state index contributed by atoms with van der Waals surface area (Å²) in [7, 11) is -2.63. The van der Waals surface area contributed by atoms with Gasteiger partial charge in [0.1, 0.15) is 18.3 Å². The zero-order valence-corrected chi connectivity index (χ0v) is 26.1. The minimum Gasteiger partial charge on any atom is -0.497 e. The first-order valence-corrected chi connectivity index (χ1v) is 15.0. The second kappa shape index (κ2) is 13.0. The number of carbonyl (C=O) groups is 2. The number of aryl methyl sites for hydroxylation is 2. The van der Waals surface area contributed by atoms with Crippen LogP contribution in [0.15, 0.2) is 71.6 Å². The van der Waals surface area contributed by atoms with Crippen molar-refractivity contribution < 1.29 is 22.7 Å². The van der Waals surface area contributed by atoms with Crippen molar-refractivity contribution in [3.05, 3.63) is 88.4 Å². The number of rotatable bonds is 10. The van der Waals surface area contributed by atoms with Gasteiger partial charge in [-0.05, 0) is 89.1 Å². The molecule has 3 aromatic rings. The van der Waals surface area contributed by atoms with Gasteiger partial charge in [-0.25, -0.2) is 8.42 Å². The molecule has 0 aliphatic heterocycles. The van der Waals surface area contributed by atoms with E-state index in [9.17, 15) is 18.0 Å². The second-order valence-electron chi connectivity index (χ2n) is 11.0. The Hall–Kier alpha value is -3.56. The Morgan fingerprint density at radius 3 is 2.15 bits per heavy atom. The normalized spacial score (nSPS) is 12.4. The quantitative estimate of drug-likeness (QED) is 0.332. The van der Waals surface area contributed by atoms with Gasteiger partial charge < -0.3 is 15.0 Å². The van der Waals surface area contributed by atoms with Crippen molar-refractivity contribution in [2.75, 3.05) is 18.0 Å². The van der Waals surface area contributed by atoms with Crippen LogP contribution in [0, 0.1) is 13.8 Å². The number of hydrogen-bond acceptors (Lipinski definition) is 5. The zero-order chi connectivity index (χ0) is 30.5. The zero-order valence-electron chi connectivity index (χ0n) is 24.6. The van der Waals surface area contributed by atoms with Crippen molar-refractivity contribution in [1.82, 2.24) is 10.2 Å². The summed E-state index contributed by atoms with van der Waals surface area (Å²) in [6.45, 7) is 10.3. The van der Waals surface area contributed by atoms with E-state index in [4.69, 9.17) is 16.3 Å². The topological polar surface area (TPSA) is 96.0 Å². The molecule has 0 aliphatic carbocycles. The number of sulfonamides is 1. The van der Waals surface area contributed by atoms with E-state index >= 15 is 0 Å². The molecule has 0 aromatic heterocycles. The highest BCUT2D eigenvalue weighted by molar-refractivity contribution is 7.92. The molecule has 0 aliphatic rings. The van der Waals surface area contributed by atoms with Crippen molar-refractivity contribution in [1.29, 1.82) is 0 Å². The number of nitrogens with zero attached hydrogens (tertiary/aromatic N) is 2. The fourth-order valence-electron chi connectivity index (χ4n) is 4.19. The summed E-state index contributed by atoms with van der Waals surface area (Å²) in [5.41, 5.74) is 2.02. The molecule has 0 radical (unpaired) electrons. The van der Waals surface area contributed by atoms with Crippen molar-refractivity contribution >= 4 is 39.1 Å². The van der Waals surface area contributed by atoms with E-state index < -0.39 is 34.1 Å². The van der Waals surface area contributed by atoms with Gasteiger partial charge in [0.15, 0.2) is 0 Å². The molecule has 3 rings (SSSR count).